The maximum absolute atomic E-state index is 12.8. The van der Waals surface area contributed by atoms with Crippen LogP contribution in [0.5, 0.6) is 5.75 Å². The highest BCUT2D eigenvalue weighted by molar-refractivity contribution is 7.92. The number of anilines is 5. The highest BCUT2D eigenvalue weighted by Crippen LogP contribution is 2.35. The number of sulfonamides is 1. The number of hydrogen-bond donors (Lipinski definition) is 3. The number of hydrogen-bond acceptors (Lipinski definition) is 13. The SMILES string of the molecule is CC1COc2ccccc2N1C(=O)C(Cl)Cl.CCNc1nc(Cl)nc(NC(C)(C)C)n1.CCc1cccc(C)c1N(C(=O)CCl)C(C)COC.Cc1nn(-c2cc(NS(C)(=O)=O)c(Cl)cc2Cl)c(=O)n1C(F)F. The van der Waals surface area contributed by atoms with E-state index in [4.69, 9.17) is 79.1 Å². The number of fused-ring (bicyclic) bond motifs is 1. The zero-order valence-electron chi connectivity index (χ0n) is 41.9. The van der Waals surface area contributed by atoms with Gasteiger partial charge in [0.1, 0.15) is 24.1 Å². The molecule has 2 unspecified atom stereocenters. The maximum atomic E-state index is 12.8. The number of carbonyl (C=O) groups excluding carboxylic acids is 2. The van der Waals surface area contributed by atoms with E-state index in [2.05, 4.69) is 48.4 Å². The van der Waals surface area contributed by atoms with Crippen molar-refractivity contribution >= 4 is 120 Å². The van der Waals surface area contributed by atoms with E-state index < -0.39 is 27.1 Å². The summed E-state index contributed by atoms with van der Waals surface area (Å²) in [4.78, 5) is 50.5. The molecule has 3 aromatic carbocycles. The molecule has 27 heteroatoms. The Labute approximate surface area is 454 Å². The zero-order chi connectivity index (χ0) is 55.1. The number of aromatic nitrogens is 6. The number of amides is 2. The van der Waals surface area contributed by atoms with Gasteiger partial charge in [-0.1, -0.05) is 83.7 Å². The number of nitrogens with zero attached hydrogens (tertiary/aromatic N) is 8. The van der Waals surface area contributed by atoms with Crippen molar-refractivity contribution < 1.29 is 36.3 Å². The summed E-state index contributed by atoms with van der Waals surface area (Å²) in [5.74, 6) is 1.01. The van der Waals surface area contributed by atoms with E-state index in [1.165, 1.54) is 13.0 Å². The van der Waals surface area contributed by atoms with Crippen LogP contribution in [0.2, 0.25) is 15.3 Å². The van der Waals surface area contributed by atoms with Crippen molar-refractivity contribution in [3.63, 3.8) is 0 Å². The van der Waals surface area contributed by atoms with Gasteiger partial charge < -0.3 is 29.9 Å². The molecule has 0 spiro atoms. The molecule has 2 atom stereocenters. The first-order valence-electron chi connectivity index (χ1n) is 22.2. The second-order valence-corrected chi connectivity index (χ2v) is 21.2. The second kappa shape index (κ2) is 28.2. The minimum atomic E-state index is -3.65. The third kappa shape index (κ3) is 18.3. The van der Waals surface area contributed by atoms with Crippen molar-refractivity contribution in [2.45, 2.75) is 97.7 Å². The number of aryl methyl sites for hydroxylation is 3. The summed E-state index contributed by atoms with van der Waals surface area (Å²) in [7, 11) is -2.01. The van der Waals surface area contributed by atoms with Crippen LogP contribution in [-0.2, 0) is 30.8 Å². The van der Waals surface area contributed by atoms with Crippen LogP contribution < -0.4 is 35.6 Å². The molecule has 0 bridgehead atoms. The van der Waals surface area contributed by atoms with Crippen LogP contribution in [0.3, 0.4) is 0 Å². The van der Waals surface area contributed by atoms with E-state index in [1.54, 1.807) is 16.9 Å². The average Bonchev–Trinajstić information content (AvgIpc) is 3.59. The van der Waals surface area contributed by atoms with Crippen LogP contribution in [0.25, 0.3) is 5.69 Å². The Morgan fingerprint density at radius 1 is 0.973 bits per heavy atom. The van der Waals surface area contributed by atoms with Crippen LogP contribution in [0.1, 0.15) is 72.0 Å². The zero-order valence-corrected chi connectivity index (χ0v) is 47.3. The lowest BCUT2D eigenvalue weighted by atomic mass is 10.0. The van der Waals surface area contributed by atoms with Crippen molar-refractivity contribution in [2.24, 2.45) is 0 Å². The van der Waals surface area contributed by atoms with Crippen LogP contribution in [0.15, 0.2) is 59.4 Å². The maximum Gasteiger partial charge on any atom is 0.355 e. The predicted octanol–water partition coefficient (Wildman–Crippen LogP) is 10.4. The summed E-state index contributed by atoms with van der Waals surface area (Å²) in [5, 5.41) is 9.94. The smallest absolute Gasteiger partial charge is 0.355 e. The minimum Gasteiger partial charge on any atom is -0.489 e. The number of alkyl halides is 5. The fourth-order valence-electron chi connectivity index (χ4n) is 6.88. The molecule has 1 aliphatic rings. The molecular formula is C46H59Cl6F2N11O7S. The molecule has 0 saturated carbocycles. The standard InChI is InChI=1S/C15H22ClNO2.C11H10Cl2F2N4O3S.C11H11Cl2NO2.C9H16ClN5/c1-5-13-8-6-7-11(2)15(13)17(14(18)9-16)12(3)10-19-4;1-5-16-19(11(20)18(5)10(14)15)9-4-8(17-23(2,21)22)6(12)3-7(9)13;1-7-6-16-9-5-3-2-4-8(9)14(7)11(15)10(12)13;1-5-11-7-12-6(10)13-8(14-7)15-9(2,3)4/h6-8,12H,5,9-10H2,1-4H3;3-4,10,17H,1-2H3;2-5,7,10H,6H2,1H3;5H2,1-4H3,(H2,11,12,13,14,15). The highest BCUT2D eigenvalue weighted by atomic mass is 35.5. The normalized spacial score (nSPS) is 13.5. The molecule has 18 nitrogen and oxygen atoms in total. The van der Waals surface area contributed by atoms with Crippen LogP contribution >= 0.6 is 69.6 Å². The third-order valence-corrected chi connectivity index (χ3v) is 11.8. The lowest BCUT2D eigenvalue weighted by Gasteiger charge is -2.35. The quantitative estimate of drug-likeness (QED) is 0.0886. The molecule has 3 N–H and O–H groups in total. The van der Waals surface area contributed by atoms with Gasteiger partial charge in [-0.2, -0.15) is 28.4 Å². The molecule has 0 saturated heterocycles. The van der Waals surface area contributed by atoms with E-state index in [-0.39, 0.29) is 72.4 Å². The lowest BCUT2D eigenvalue weighted by molar-refractivity contribution is -0.118. The second-order valence-electron chi connectivity index (χ2n) is 17.0. The van der Waals surface area contributed by atoms with E-state index in [1.807, 2.05) is 84.9 Å². The molecule has 2 aromatic heterocycles. The van der Waals surface area contributed by atoms with Crippen LogP contribution in [-0.4, -0.2) is 111 Å². The van der Waals surface area contributed by atoms with Gasteiger partial charge in [0.15, 0.2) is 4.84 Å². The number of methoxy groups -OCH3 is 1. The first kappa shape index (κ1) is 62.6. The summed E-state index contributed by atoms with van der Waals surface area (Å²) >= 11 is 34.6. The number of benzene rings is 3. The van der Waals surface area contributed by atoms with Gasteiger partial charge in [-0.3, -0.25) is 14.3 Å². The van der Waals surface area contributed by atoms with Gasteiger partial charge in [-0.25, -0.2) is 17.8 Å². The summed E-state index contributed by atoms with van der Waals surface area (Å²) in [6, 6.07) is 15.6. The van der Waals surface area contributed by atoms with Gasteiger partial charge in [-0.05, 0) is 109 Å². The van der Waals surface area contributed by atoms with Gasteiger partial charge in [0, 0.05) is 19.2 Å². The van der Waals surface area contributed by atoms with E-state index >= 15 is 0 Å². The molecule has 0 fully saturated rings. The molecule has 2 amide bonds. The Balaban J connectivity index is 0.000000260. The highest BCUT2D eigenvalue weighted by Gasteiger charge is 2.32. The van der Waals surface area contributed by atoms with Crippen molar-refractivity contribution in [3.8, 4) is 11.4 Å². The molecular weight excluding hydrogens is 1100 g/mol. The van der Waals surface area contributed by atoms with Crippen molar-refractivity contribution in [1.29, 1.82) is 0 Å². The summed E-state index contributed by atoms with van der Waals surface area (Å²) < 4.78 is 62.0. The predicted molar refractivity (Wildman–Crippen MR) is 289 cm³/mol. The van der Waals surface area contributed by atoms with Crippen molar-refractivity contribution in [3.05, 3.63) is 97.4 Å². The monoisotopic (exact) mass is 1160 g/mol. The van der Waals surface area contributed by atoms with Gasteiger partial charge in [0.05, 0.1) is 57.7 Å². The summed E-state index contributed by atoms with van der Waals surface area (Å²) in [5.41, 5.74) is 2.56. The molecule has 1 aliphatic heterocycles. The fraction of sp³-hybridized carbons (Fsp3) is 0.457. The van der Waals surface area contributed by atoms with Crippen molar-refractivity contribution in [2.75, 3.05) is 64.2 Å². The first-order chi connectivity index (χ1) is 34.1. The number of rotatable bonds is 14. The largest absolute Gasteiger partial charge is 0.489 e. The molecule has 6 rings (SSSR count). The van der Waals surface area contributed by atoms with E-state index in [0.717, 1.165) is 47.8 Å². The summed E-state index contributed by atoms with van der Waals surface area (Å²) in [6.45, 7) is 15.8. The lowest BCUT2D eigenvalue weighted by Crippen LogP contribution is -2.47. The number of halogens is 8. The molecule has 73 heavy (non-hydrogen) atoms. The molecule has 3 heterocycles. The molecule has 5 aromatic rings. The molecule has 402 valence electrons. The Bertz CT molecular complexity index is 2840. The minimum absolute atomic E-state index is 0.0223. The van der Waals surface area contributed by atoms with Crippen LogP contribution in [0.4, 0.5) is 37.7 Å². The molecule has 0 aliphatic carbocycles. The molecule has 0 radical (unpaired) electrons. The Hall–Kier alpha value is -4.74. The van der Waals surface area contributed by atoms with E-state index in [9.17, 15) is 31.6 Å². The Morgan fingerprint density at radius 3 is 2.16 bits per heavy atom. The first-order valence-corrected chi connectivity index (χ1v) is 26.7. The number of para-hydroxylation sites is 3. The van der Waals surface area contributed by atoms with Crippen molar-refractivity contribution in [1.82, 2.24) is 29.3 Å². The third-order valence-electron chi connectivity index (χ3n) is 9.81. The number of nitrogens with one attached hydrogen (secondary N) is 3. The topological polar surface area (TPSA) is 208 Å². The summed E-state index contributed by atoms with van der Waals surface area (Å²) in [6.07, 6.45) is 1.78. The van der Waals surface area contributed by atoms with Crippen LogP contribution in [0, 0.1) is 13.8 Å². The average molecular weight is 1160 g/mol. The van der Waals surface area contributed by atoms with Gasteiger partial charge in [0.2, 0.25) is 33.1 Å². The van der Waals surface area contributed by atoms with Gasteiger partial charge in [-0.15, -0.1) is 16.7 Å². The Kier molecular flexibility index (Phi) is 24.2. The number of carbonyl (C=O) groups is 2. The Morgan fingerprint density at radius 2 is 1.62 bits per heavy atom. The van der Waals surface area contributed by atoms with Gasteiger partial charge in [0.25, 0.3) is 5.91 Å². The fourth-order valence-corrected chi connectivity index (χ4v) is 8.51. The van der Waals surface area contributed by atoms with Gasteiger partial charge >= 0.3 is 12.2 Å². The van der Waals surface area contributed by atoms with E-state index in [0.29, 0.717) is 35.5 Å². The number of ether oxygens (including phenoxy) is 2.